The summed E-state index contributed by atoms with van der Waals surface area (Å²) in [6.07, 6.45) is 6.28. The number of aromatic nitrogens is 4. The standard InChI is InChI=1S/C28H30FN7O/c1-17(2)36-16-20(19-10-7-11-31-27(19)36)22(30)13-25(35(3)15-18-8-5-4-6-9-18)26-32-14-24(33-26)28(37)34-23-12-21(23)29/h4-11,13-14,16-17,21,23,30H,12,15H2,1-3H3,(H,32,33)(H,34,37)/b25-13+,30-22?. The highest BCUT2D eigenvalue weighted by Gasteiger charge is 2.39. The molecule has 190 valence electrons. The van der Waals surface area contributed by atoms with Gasteiger partial charge in [0.25, 0.3) is 5.91 Å². The molecule has 1 saturated carbocycles. The topological polar surface area (TPSA) is 103 Å². The van der Waals surface area contributed by atoms with Gasteiger partial charge in [-0.3, -0.25) is 4.79 Å². The van der Waals surface area contributed by atoms with Gasteiger partial charge in [0, 0.05) is 49.4 Å². The number of carbonyl (C=O) groups excluding carboxylic acids is 1. The van der Waals surface area contributed by atoms with Crippen LogP contribution in [0, 0.1) is 5.41 Å². The van der Waals surface area contributed by atoms with E-state index in [2.05, 4.69) is 38.7 Å². The van der Waals surface area contributed by atoms with Crippen molar-refractivity contribution in [1.82, 2.24) is 29.7 Å². The molecule has 1 amide bonds. The van der Waals surface area contributed by atoms with E-state index in [-0.39, 0.29) is 11.7 Å². The first-order valence-corrected chi connectivity index (χ1v) is 12.3. The molecule has 5 rings (SSSR count). The van der Waals surface area contributed by atoms with E-state index >= 15 is 0 Å². The summed E-state index contributed by atoms with van der Waals surface area (Å²) in [6, 6.07) is 13.6. The maximum absolute atomic E-state index is 13.3. The van der Waals surface area contributed by atoms with Gasteiger partial charge in [-0.1, -0.05) is 30.3 Å². The molecule has 1 fully saturated rings. The van der Waals surface area contributed by atoms with E-state index in [1.54, 1.807) is 12.3 Å². The van der Waals surface area contributed by atoms with Crippen LogP contribution in [0.3, 0.4) is 0 Å². The van der Waals surface area contributed by atoms with Crippen molar-refractivity contribution in [2.75, 3.05) is 7.05 Å². The predicted molar refractivity (Wildman–Crippen MR) is 142 cm³/mol. The average Bonchev–Trinajstić information content (AvgIpc) is 3.27. The summed E-state index contributed by atoms with van der Waals surface area (Å²) in [7, 11) is 1.92. The van der Waals surface area contributed by atoms with Crippen molar-refractivity contribution in [1.29, 1.82) is 5.41 Å². The molecule has 37 heavy (non-hydrogen) atoms. The van der Waals surface area contributed by atoms with Gasteiger partial charge in [-0.05, 0) is 37.6 Å². The maximum atomic E-state index is 13.3. The van der Waals surface area contributed by atoms with Crippen LogP contribution in [0.5, 0.6) is 0 Å². The van der Waals surface area contributed by atoms with Crippen molar-refractivity contribution in [2.45, 2.75) is 45.1 Å². The maximum Gasteiger partial charge on any atom is 0.269 e. The quantitative estimate of drug-likeness (QED) is 0.290. The smallest absolute Gasteiger partial charge is 0.269 e. The Balaban J connectivity index is 1.51. The number of hydrogen-bond donors (Lipinski definition) is 3. The van der Waals surface area contributed by atoms with Crippen LogP contribution in [0.1, 0.15) is 53.7 Å². The van der Waals surface area contributed by atoms with Crippen LogP contribution in [0.15, 0.2) is 67.1 Å². The fourth-order valence-electron chi connectivity index (χ4n) is 4.33. The lowest BCUT2D eigenvalue weighted by Gasteiger charge is -2.22. The molecule has 2 unspecified atom stereocenters. The highest BCUT2D eigenvalue weighted by Crippen LogP contribution is 2.27. The van der Waals surface area contributed by atoms with Crippen molar-refractivity contribution in [3.63, 3.8) is 0 Å². The number of alkyl halides is 1. The molecule has 3 aromatic heterocycles. The fraction of sp³-hybridized carbons (Fsp3) is 0.286. The van der Waals surface area contributed by atoms with Gasteiger partial charge in [-0.2, -0.15) is 0 Å². The Labute approximate surface area is 214 Å². The molecule has 2 atom stereocenters. The summed E-state index contributed by atoms with van der Waals surface area (Å²) >= 11 is 0. The molecule has 0 bridgehead atoms. The summed E-state index contributed by atoms with van der Waals surface area (Å²) in [5.74, 6) is 0.0572. The lowest BCUT2D eigenvalue weighted by molar-refractivity contribution is 0.0943. The number of hydrogen-bond acceptors (Lipinski definition) is 5. The lowest BCUT2D eigenvalue weighted by Crippen LogP contribution is -2.27. The zero-order valence-electron chi connectivity index (χ0n) is 21.1. The minimum absolute atomic E-state index is 0.185. The van der Waals surface area contributed by atoms with Gasteiger partial charge in [-0.25, -0.2) is 14.4 Å². The second-order valence-corrected chi connectivity index (χ2v) is 9.68. The number of nitrogens with one attached hydrogen (secondary N) is 3. The normalized spacial score (nSPS) is 17.3. The minimum Gasteiger partial charge on any atom is -0.367 e. The molecule has 9 heteroatoms. The molecule has 1 aliphatic carbocycles. The highest BCUT2D eigenvalue weighted by atomic mass is 19.1. The van der Waals surface area contributed by atoms with Gasteiger partial charge in [-0.15, -0.1) is 0 Å². The molecule has 1 aromatic carbocycles. The number of halogens is 1. The summed E-state index contributed by atoms with van der Waals surface area (Å²) in [5.41, 5.74) is 3.88. The van der Waals surface area contributed by atoms with Crippen molar-refractivity contribution in [3.8, 4) is 0 Å². The average molecular weight is 500 g/mol. The number of rotatable bonds is 9. The van der Waals surface area contributed by atoms with Crippen molar-refractivity contribution >= 4 is 28.3 Å². The third-order valence-corrected chi connectivity index (χ3v) is 6.48. The molecule has 0 spiro atoms. The number of pyridine rings is 1. The third kappa shape index (κ3) is 5.16. The van der Waals surface area contributed by atoms with Gasteiger partial charge in [0.15, 0.2) is 5.82 Å². The third-order valence-electron chi connectivity index (χ3n) is 6.48. The Morgan fingerprint density at radius 1 is 1.27 bits per heavy atom. The number of amides is 1. The number of H-pyrrole nitrogens is 1. The molecule has 8 nitrogen and oxygen atoms in total. The summed E-state index contributed by atoms with van der Waals surface area (Å²) in [4.78, 5) is 26.6. The Bertz CT molecular complexity index is 1470. The zero-order valence-corrected chi connectivity index (χ0v) is 21.1. The highest BCUT2D eigenvalue weighted by molar-refractivity contribution is 6.16. The first-order chi connectivity index (χ1) is 17.8. The van der Waals surface area contributed by atoms with Gasteiger partial charge >= 0.3 is 0 Å². The van der Waals surface area contributed by atoms with Crippen LogP contribution in [-0.2, 0) is 6.54 Å². The van der Waals surface area contributed by atoms with E-state index in [4.69, 9.17) is 5.41 Å². The SMILES string of the molecule is CC(C)n1cc(C(=N)/C=C(\c2ncc(C(=O)NC3CC3F)[nH]2)N(C)Cc2ccccc2)c2cccnc21. The molecular weight excluding hydrogens is 469 g/mol. The van der Waals surface area contributed by atoms with E-state index in [9.17, 15) is 9.18 Å². The molecule has 1 aliphatic rings. The fourth-order valence-corrected chi connectivity index (χ4v) is 4.33. The van der Waals surface area contributed by atoms with Crippen LogP contribution in [0.25, 0.3) is 16.7 Å². The van der Waals surface area contributed by atoms with E-state index < -0.39 is 18.1 Å². The van der Waals surface area contributed by atoms with E-state index in [0.29, 0.717) is 30.2 Å². The van der Waals surface area contributed by atoms with Gasteiger partial charge in [0.1, 0.15) is 17.5 Å². The lowest BCUT2D eigenvalue weighted by atomic mass is 10.1. The van der Waals surface area contributed by atoms with Crippen LogP contribution >= 0.6 is 0 Å². The first-order valence-electron chi connectivity index (χ1n) is 12.3. The molecule has 3 N–H and O–H groups in total. The molecule has 0 radical (unpaired) electrons. The number of imidazole rings is 1. The van der Waals surface area contributed by atoms with Crippen molar-refractivity contribution < 1.29 is 9.18 Å². The summed E-state index contributed by atoms with van der Waals surface area (Å²) in [5, 5.41) is 12.6. The zero-order chi connectivity index (χ0) is 26.1. The Kier molecular flexibility index (Phi) is 6.60. The summed E-state index contributed by atoms with van der Waals surface area (Å²) in [6.45, 7) is 4.74. The van der Waals surface area contributed by atoms with Crippen LogP contribution < -0.4 is 5.32 Å². The Hall–Kier alpha value is -4.27. The first kappa shape index (κ1) is 24.4. The minimum atomic E-state index is -0.985. The second-order valence-electron chi connectivity index (χ2n) is 9.68. The van der Waals surface area contributed by atoms with Crippen LogP contribution in [0.4, 0.5) is 4.39 Å². The molecular formula is C28H30FN7O. The van der Waals surface area contributed by atoms with Crippen LogP contribution in [0.2, 0.25) is 0 Å². The van der Waals surface area contributed by atoms with Gasteiger partial charge in [0.05, 0.1) is 23.6 Å². The number of nitrogens with zero attached hydrogens (tertiary/aromatic N) is 4. The van der Waals surface area contributed by atoms with E-state index in [0.717, 1.165) is 22.2 Å². The number of benzene rings is 1. The van der Waals surface area contributed by atoms with E-state index in [1.165, 1.54) is 6.20 Å². The van der Waals surface area contributed by atoms with Crippen molar-refractivity contribution in [2.24, 2.45) is 0 Å². The summed E-state index contributed by atoms with van der Waals surface area (Å²) < 4.78 is 15.3. The predicted octanol–water partition coefficient (Wildman–Crippen LogP) is 4.72. The largest absolute Gasteiger partial charge is 0.367 e. The molecule has 3 heterocycles. The second kappa shape index (κ2) is 10.0. The number of carbonyl (C=O) groups is 1. The van der Waals surface area contributed by atoms with E-state index in [1.807, 2.05) is 60.6 Å². The molecule has 0 aliphatic heterocycles. The van der Waals surface area contributed by atoms with Crippen LogP contribution in [-0.4, -0.2) is 55.3 Å². The van der Waals surface area contributed by atoms with Crippen molar-refractivity contribution in [3.05, 3.63) is 89.8 Å². The molecule has 0 saturated heterocycles. The Morgan fingerprint density at radius 3 is 2.73 bits per heavy atom. The number of aromatic amines is 1. The number of fused-ring (bicyclic) bond motifs is 1. The van der Waals surface area contributed by atoms with Gasteiger partial charge < -0.3 is 25.2 Å². The Morgan fingerprint density at radius 2 is 2.03 bits per heavy atom. The monoisotopic (exact) mass is 499 g/mol. The number of allylic oxidation sites excluding steroid dienone is 1. The molecule has 4 aromatic rings. The van der Waals surface area contributed by atoms with Gasteiger partial charge in [0.2, 0.25) is 0 Å².